The highest BCUT2D eigenvalue weighted by atomic mass is 35.5. The first-order valence-electron chi connectivity index (χ1n) is 3.07. The first-order valence-corrected chi connectivity index (χ1v) is 5.42. The standard InChI is InChI=1S/C8H7ClS2/c1-3-7(6(2)9)8-10-4-5-11-8/h1H,2,4-5H2. The van der Waals surface area contributed by atoms with Gasteiger partial charge in [0.25, 0.3) is 0 Å². The molecular weight excluding hydrogens is 196 g/mol. The van der Waals surface area contributed by atoms with Crippen molar-refractivity contribution in [2.24, 2.45) is 0 Å². The number of allylic oxidation sites excluding steroid dienone is 2. The molecule has 0 atom stereocenters. The largest absolute Gasteiger partial charge is 0.117 e. The summed E-state index contributed by atoms with van der Waals surface area (Å²) in [6, 6.07) is 0. The van der Waals surface area contributed by atoms with Gasteiger partial charge < -0.3 is 0 Å². The summed E-state index contributed by atoms with van der Waals surface area (Å²) in [4.78, 5) is 0. The zero-order valence-corrected chi connectivity index (χ0v) is 8.28. The molecule has 0 bridgehead atoms. The molecule has 1 saturated heterocycles. The second-order valence-electron chi connectivity index (χ2n) is 1.91. The Balaban J connectivity index is 2.90. The molecule has 0 aliphatic carbocycles. The minimum atomic E-state index is 0.476. The van der Waals surface area contributed by atoms with Gasteiger partial charge in [0.15, 0.2) is 0 Å². The van der Waals surface area contributed by atoms with Crippen molar-refractivity contribution in [3.63, 3.8) is 0 Å². The smallest absolute Gasteiger partial charge is 0.0622 e. The van der Waals surface area contributed by atoms with Crippen molar-refractivity contribution in [3.8, 4) is 12.3 Å². The molecule has 3 heteroatoms. The van der Waals surface area contributed by atoms with Gasteiger partial charge in [-0.25, -0.2) is 0 Å². The van der Waals surface area contributed by atoms with Crippen LogP contribution in [0.15, 0.2) is 21.4 Å². The molecule has 0 amide bonds. The number of hydrogen-bond donors (Lipinski definition) is 0. The van der Waals surface area contributed by atoms with Crippen molar-refractivity contribution in [3.05, 3.63) is 21.4 Å². The maximum absolute atomic E-state index is 5.70. The van der Waals surface area contributed by atoms with E-state index in [4.69, 9.17) is 18.0 Å². The quantitative estimate of drug-likeness (QED) is 0.600. The Hall–Kier alpha value is 0.0300. The summed E-state index contributed by atoms with van der Waals surface area (Å²) in [6.07, 6.45) is 5.27. The lowest BCUT2D eigenvalue weighted by atomic mass is 10.3. The Morgan fingerprint density at radius 3 is 2.45 bits per heavy atom. The summed E-state index contributed by atoms with van der Waals surface area (Å²) in [5.74, 6) is 4.79. The van der Waals surface area contributed by atoms with Gasteiger partial charge >= 0.3 is 0 Å². The molecule has 0 radical (unpaired) electrons. The molecule has 0 aromatic heterocycles. The van der Waals surface area contributed by atoms with E-state index in [1.165, 1.54) is 0 Å². The van der Waals surface area contributed by atoms with Crippen LogP contribution in [0.25, 0.3) is 0 Å². The molecule has 1 aliphatic rings. The number of halogens is 1. The van der Waals surface area contributed by atoms with E-state index in [0.717, 1.165) is 21.3 Å². The molecule has 58 valence electrons. The van der Waals surface area contributed by atoms with Gasteiger partial charge in [0.05, 0.1) is 14.8 Å². The molecule has 0 saturated carbocycles. The predicted octanol–water partition coefficient (Wildman–Crippen LogP) is 3.06. The summed E-state index contributed by atoms with van der Waals surface area (Å²) >= 11 is 9.22. The molecule has 1 heterocycles. The second kappa shape index (κ2) is 4.15. The first kappa shape index (κ1) is 9.12. The Bertz CT molecular complexity index is 239. The number of rotatable bonds is 1. The van der Waals surface area contributed by atoms with Crippen molar-refractivity contribution in [2.45, 2.75) is 0 Å². The fraction of sp³-hybridized carbons (Fsp3) is 0.250. The van der Waals surface area contributed by atoms with Crippen LogP contribution in [0.2, 0.25) is 0 Å². The zero-order chi connectivity index (χ0) is 8.27. The highest BCUT2D eigenvalue weighted by Gasteiger charge is 2.13. The third-order valence-electron chi connectivity index (χ3n) is 1.17. The van der Waals surface area contributed by atoms with Crippen LogP contribution in [0.5, 0.6) is 0 Å². The fourth-order valence-electron chi connectivity index (χ4n) is 0.703. The van der Waals surface area contributed by atoms with E-state index < -0.39 is 0 Å². The van der Waals surface area contributed by atoms with E-state index in [9.17, 15) is 0 Å². The van der Waals surface area contributed by atoms with Crippen LogP contribution in [0.4, 0.5) is 0 Å². The maximum Gasteiger partial charge on any atom is 0.0622 e. The van der Waals surface area contributed by atoms with Crippen LogP contribution in [-0.4, -0.2) is 11.5 Å². The van der Waals surface area contributed by atoms with Crippen LogP contribution in [0.1, 0.15) is 0 Å². The third kappa shape index (κ3) is 2.23. The lowest BCUT2D eigenvalue weighted by Crippen LogP contribution is -1.78. The highest BCUT2D eigenvalue weighted by Crippen LogP contribution is 2.40. The van der Waals surface area contributed by atoms with Crippen molar-refractivity contribution < 1.29 is 0 Å². The van der Waals surface area contributed by atoms with Crippen molar-refractivity contribution in [1.29, 1.82) is 0 Å². The normalized spacial score (nSPS) is 16.2. The van der Waals surface area contributed by atoms with Gasteiger partial charge in [-0.1, -0.05) is 24.1 Å². The fourth-order valence-corrected chi connectivity index (χ4v) is 3.49. The van der Waals surface area contributed by atoms with Gasteiger partial charge in [0.2, 0.25) is 0 Å². The Kier molecular flexibility index (Phi) is 3.45. The van der Waals surface area contributed by atoms with Gasteiger partial charge in [0, 0.05) is 11.5 Å². The minimum Gasteiger partial charge on any atom is -0.117 e. The molecule has 0 spiro atoms. The van der Waals surface area contributed by atoms with E-state index in [1.54, 1.807) is 23.5 Å². The van der Waals surface area contributed by atoms with Crippen LogP contribution >= 0.6 is 35.1 Å². The molecule has 11 heavy (non-hydrogen) atoms. The van der Waals surface area contributed by atoms with Gasteiger partial charge in [-0.3, -0.25) is 0 Å². The summed E-state index contributed by atoms with van der Waals surface area (Å²) < 4.78 is 1.15. The Morgan fingerprint density at radius 1 is 1.55 bits per heavy atom. The maximum atomic E-state index is 5.70. The van der Waals surface area contributed by atoms with E-state index in [-0.39, 0.29) is 0 Å². The molecular formula is C8H7ClS2. The molecule has 1 rings (SSSR count). The molecule has 0 aromatic rings. The van der Waals surface area contributed by atoms with Crippen LogP contribution in [0, 0.1) is 12.3 Å². The van der Waals surface area contributed by atoms with E-state index in [0.29, 0.717) is 5.03 Å². The van der Waals surface area contributed by atoms with Gasteiger partial charge in [-0.2, -0.15) is 0 Å². The van der Waals surface area contributed by atoms with Gasteiger partial charge in [-0.15, -0.1) is 29.9 Å². The number of terminal acetylenes is 1. The number of hydrogen-bond acceptors (Lipinski definition) is 2. The average Bonchev–Trinajstić information content (AvgIpc) is 2.40. The topological polar surface area (TPSA) is 0 Å². The van der Waals surface area contributed by atoms with Gasteiger partial charge in [0.1, 0.15) is 0 Å². The molecule has 1 aliphatic heterocycles. The minimum absolute atomic E-state index is 0.476. The summed E-state index contributed by atoms with van der Waals surface area (Å²) in [5, 5.41) is 0.476. The first-order chi connectivity index (χ1) is 5.25. The van der Waals surface area contributed by atoms with E-state index in [2.05, 4.69) is 12.5 Å². The molecule has 0 aromatic carbocycles. The monoisotopic (exact) mass is 202 g/mol. The predicted molar refractivity (Wildman–Crippen MR) is 55.8 cm³/mol. The van der Waals surface area contributed by atoms with Crippen molar-refractivity contribution in [2.75, 3.05) is 11.5 Å². The van der Waals surface area contributed by atoms with Crippen LogP contribution in [0.3, 0.4) is 0 Å². The third-order valence-corrected chi connectivity index (χ3v) is 4.07. The van der Waals surface area contributed by atoms with Crippen molar-refractivity contribution >= 4 is 35.1 Å². The summed E-state index contributed by atoms with van der Waals surface area (Å²) in [7, 11) is 0. The highest BCUT2D eigenvalue weighted by molar-refractivity contribution is 8.25. The molecule has 1 fully saturated rings. The Labute approximate surface area is 80.5 Å². The summed E-state index contributed by atoms with van der Waals surface area (Å²) in [5.41, 5.74) is 0.763. The lowest BCUT2D eigenvalue weighted by molar-refractivity contribution is 1.59. The van der Waals surface area contributed by atoms with Crippen LogP contribution in [-0.2, 0) is 0 Å². The summed E-state index contributed by atoms with van der Waals surface area (Å²) in [6.45, 7) is 3.61. The molecule has 0 nitrogen and oxygen atoms in total. The average molecular weight is 203 g/mol. The zero-order valence-electron chi connectivity index (χ0n) is 5.89. The number of thioether (sulfide) groups is 2. The van der Waals surface area contributed by atoms with E-state index >= 15 is 0 Å². The molecule has 0 N–H and O–H groups in total. The van der Waals surface area contributed by atoms with Gasteiger partial charge in [-0.05, 0) is 0 Å². The van der Waals surface area contributed by atoms with E-state index in [1.807, 2.05) is 0 Å². The van der Waals surface area contributed by atoms with Crippen LogP contribution < -0.4 is 0 Å². The molecule has 0 unspecified atom stereocenters. The SMILES string of the molecule is C#CC(C(=C)Cl)=C1SCCS1. The second-order valence-corrected chi connectivity index (χ2v) is 4.83. The lowest BCUT2D eigenvalue weighted by Gasteiger charge is -1.99. The van der Waals surface area contributed by atoms with Crippen molar-refractivity contribution in [1.82, 2.24) is 0 Å². The Morgan fingerprint density at radius 2 is 2.09 bits per heavy atom.